The van der Waals surface area contributed by atoms with Gasteiger partial charge in [-0.05, 0) is 6.92 Å². The van der Waals surface area contributed by atoms with Gasteiger partial charge in [0.25, 0.3) is 5.91 Å². The summed E-state index contributed by atoms with van der Waals surface area (Å²) >= 11 is 0. The Labute approximate surface area is 125 Å². The minimum atomic E-state index is -0.0539. The van der Waals surface area contributed by atoms with Crippen molar-refractivity contribution in [2.24, 2.45) is 0 Å². The van der Waals surface area contributed by atoms with Gasteiger partial charge < -0.3 is 24.4 Å². The van der Waals surface area contributed by atoms with Crippen LogP contribution in [0.1, 0.15) is 17.3 Å². The first-order valence-electron chi connectivity index (χ1n) is 6.97. The van der Waals surface area contributed by atoms with E-state index in [4.69, 9.17) is 14.2 Å². The second-order valence-corrected chi connectivity index (χ2v) is 4.81. The Balaban J connectivity index is 2.38. The molecule has 0 saturated carbocycles. The molecule has 0 aliphatic carbocycles. The average Bonchev–Trinajstić information content (AvgIpc) is 2.48. The van der Waals surface area contributed by atoms with E-state index in [1.54, 1.807) is 33.5 Å². The quantitative estimate of drug-likeness (QED) is 0.853. The molecule has 1 aliphatic heterocycles. The van der Waals surface area contributed by atoms with Gasteiger partial charge in [0.2, 0.25) is 0 Å². The van der Waals surface area contributed by atoms with Gasteiger partial charge in [-0.15, -0.1) is 0 Å². The summed E-state index contributed by atoms with van der Waals surface area (Å²) in [4.78, 5) is 14.6. The van der Waals surface area contributed by atoms with E-state index >= 15 is 0 Å². The highest BCUT2D eigenvalue weighted by Gasteiger charge is 2.30. The van der Waals surface area contributed by atoms with E-state index in [1.807, 2.05) is 11.8 Å². The predicted octanol–water partition coefficient (Wildman–Crippen LogP) is 1.15. The van der Waals surface area contributed by atoms with Crippen molar-refractivity contribution in [3.8, 4) is 17.2 Å². The van der Waals surface area contributed by atoms with Gasteiger partial charge in [-0.3, -0.25) is 4.79 Å². The van der Waals surface area contributed by atoms with Crippen LogP contribution in [0.4, 0.5) is 0 Å². The fourth-order valence-corrected chi connectivity index (χ4v) is 2.41. The smallest absolute Gasteiger partial charge is 0.258 e. The van der Waals surface area contributed by atoms with Crippen LogP contribution in [-0.4, -0.2) is 57.8 Å². The molecule has 0 spiro atoms. The van der Waals surface area contributed by atoms with Crippen molar-refractivity contribution in [3.05, 3.63) is 17.7 Å². The molecule has 21 heavy (non-hydrogen) atoms. The standard InChI is InChI=1S/C15H22N2O4/c1-5-17(10-8-16-9-10)15(18)11-6-13(20-3)14(21-4)7-12(11)19-2/h6-7,10,16H,5,8-9H2,1-4H3. The molecule has 1 aromatic rings. The van der Waals surface area contributed by atoms with E-state index < -0.39 is 0 Å². The Morgan fingerprint density at radius 1 is 1.14 bits per heavy atom. The topological polar surface area (TPSA) is 60.0 Å². The van der Waals surface area contributed by atoms with Gasteiger partial charge in [-0.2, -0.15) is 0 Å². The number of methoxy groups -OCH3 is 3. The number of nitrogens with one attached hydrogen (secondary N) is 1. The predicted molar refractivity (Wildman–Crippen MR) is 79.5 cm³/mol. The molecule has 6 nitrogen and oxygen atoms in total. The second-order valence-electron chi connectivity index (χ2n) is 4.81. The molecule has 0 unspecified atom stereocenters. The Hall–Kier alpha value is -1.95. The molecule has 0 radical (unpaired) electrons. The molecular formula is C15H22N2O4. The third-order valence-corrected chi connectivity index (χ3v) is 3.74. The Morgan fingerprint density at radius 3 is 2.14 bits per heavy atom. The number of ether oxygens (including phenoxy) is 3. The summed E-state index contributed by atoms with van der Waals surface area (Å²) in [7, 11) is 4.64. The zero-order valence-corrected chi connectivity index (χ0v) is 12.9. The minimum Gasteiger partial charge on any atom is -0.496 e. The molecule has 0 aromatic heterocycles. The third kappa shape index (κ3) is 2.90. The van der Waals surface area contributed by atoms with Crippen molar-refractivity contribution in [2.45, 2.75) is 13.0 Å². The maximum atomic E-state index is 12.8. The molecular weight excluding hydrogens is 272 g/mol. The van der Waals surface area contributed by atoms with Crippen LogP contribution in [0.3, 0.4) is 0 Å². The average molecular weight is 294 g/mol. The third-order valence-electron chi connectivity index (χ3n) is 3.74. The number of hydrogen-bond donors (Lipinski definition) is 1. The van der Waals surface area contributed by atoms with Crippen LogP contribution in [0.25, 0.3) is 0 Å². The molecule has 6 heteroatoms. The molecule has 0 atom stereocenters. The van der Waals surface area contributed by atoms with Crippen LogP contribution >= 0.6 is 0 Å². The first-order valence-corrected chi connectivity index (χ1v) is 6.97. The number of likely N-dealkylation sites (N-methyl/N-ethyl adjacent to an activating group) is 1. The van der Waals surface area contributed by atoms with Crippen molar-refractivity contribution in [2.75, 3.05) is 41.0 Å². The van der Waals surface area contributed by atoms with Gasteiger partial charge in [0.05, 0.1) is 32.9 Å². The van der Waals surface area contributed by atoms with Gasteiger partial charge in [-0.1, -0.05) is 0 Å². The minimum absolute atomic E-state index is 0.0539. The molecule has 116 valence electrons. The molecule has 1 aliphatic rings. The maximum absolute atomic E-state index is 12.8. The summed E-state index contributed by atoms with van der Waals surface area (Å²) in [5, 5.41) is 3.18. The molecule has 1 saturated heterocycles. The van der Waals surface area contributed by atoms with Crippen molar-refractivity contribution in [1.82, 2.24) is 10.2 Å². The molecule has 0 bridgehead atoms. The van der Waals surface area contributed by atoms with E-state index in [1.165, 1.54) is 0 Å². The zero-order chi connectivity index (χ0) is 15.4. The summed E-state index contributed by atoms with van der Waals surface area (Å²) in [5.41, 5.74) is 0.490. The first-order chi connectivity index (χ1) is 10.2. The summed E-state index contributed by atoms with van der Waals surface area (Å²) in [6, 6.07) is 3.59. The number of carbonyl (C=O) groups excluding carboxylic acids is 1. The van der Waals surface area contributed by atoms with Crippen LogP contribution in [-0.2, 0) is 0 Å². The fraction of sp³-hybridized carbons (Fsp3) is 0.533. The van der Waals surface area contributed by atoms with Crippen molar-refractivity contribution in [1.29, 1.82) is 0 Å². The maximum Gasteiger partial charge on any atom is 0.258 e. The molecule has 1 heterocycles. The molecule has 1 amide bonds. The zero-order valence-electron chi connectivity index (χ0n) is 12.9. The lowest BCUT2D eigenvalue weighted by molar-refractivity contribution is 0.0626. The van der Waals surface area contributed by atoms with Crippen LogP contribution in [0.2, 0.25) is 0 Å². The molecule has 1 N–H and O–H groups in total. The fourth-order valence-electron chi connectivity index (χ4n) is 2.41. The highest BCUT2D eigenvalue weighted by atomic mass is 16.5. The summed E-state index contributed by atoms with van der Waals surface area (Å²) < 4.78 is 15.9. The molecule has 1 fully saturated rings. The van der Waals surface area contributed by atoms with Gasteiger partial charge in [0.15, 0.2) is 11.5 Å². The number of benzene rings is 1. The van der Waals surface area contributed by atoms with E-state index in [0.717, 1.165) is 13.1 Å². The van der Waals surface area contributed by atoms with Crippen LogP contribution in [0.15, 0.2) is 12.1 Å². The van der Waals surface area contributed by atoms with Crippen LogP contribution in [0.5, 0.6) is 17.2 Å². The number of hydrogen-bond acceptors (Lipinski definition) is 5. The SMILES string of the molecule is CCN(C(=O)c1cc(OC)c(OC)cc1OC)C1CNC1. The largest absolute Gasteiger partial charge is 0.496 e. The number of carbonyl (C=O) groups is 1. The van der Waals surface area contributed by atoms with Crippen LogP contribution in [0, 0.1) is 0 Å². The highest BCUT2D eigenvalue weighted by Crippen LogP contribution is 2.35. The summed E-state index contributed by atoms with van der Waals surface area (Å²) in [5.74, 6) is 1.49. The first kappa shape index (κ1) is 15.4. The van der Waals surface area contributed by atoms with Gasteiger partial charge in [-0.25, -0.2) is 0 Å². The van der Waals surface area contributed by atoms with Crippen molar-refractivity contribution < 1.29 is 19.0 Å². The Bertz CT molecular complexity index is 515. The monoisotopic (exact) mass is 294 g/mol. The Kier molecular flexibility index (Phi) is 4.90. The van der Waals surface area contributed by atoms with Crippen LogP contribution < -0.4 is 19.5 Å². The van der Waals surface area contributed by atoms with E-state index in [-0.39, 0.29) is 11.9 Å². The van der Waals surface area contributed by atoms with Gasteiger partial charge >= 0.3 is 0 Å². The van der Waals surface area contributed by atoms with Gasteiger partial charge in [0.1, 0.15) is 5.75 Å². The van der Waals surface area contributed by atoms with E-state index in [0.29, 0.717) is 29.4 Å². The lowest BCUT2D eigenvalue weighted by Crippen LogP contribution is -2.58. The lowest BCUT2D eigenvalue weighted by Gasteiger charge is -2.37. The summed E-state index contributed by atoms with van der Waals surface area (Å²) in [6.07, 6.45) is 0. The second kappa shape index (κ2) is 6.67. The normalized spacial score (nSPS) is 14.3. The lowest BCUT2D eigenvalue weighted by atomic mass is 10.1. The Morgan fingerprint density at radius 2 is 1.71 bits per heavy atom. The van der Waals surface area contributed by atoms with Gasteiger partial charge in [0, 0.05) is 31.8 Å². The van der Waals surface area contributed by atoms with Crippen molar-refractivity contribution in [3.63, 3.8) is 0 Å². The van der Waals surface area contributed by atoms with E-state index in [2.05, 4.69) is 5.32 Å². The molecule has 1 aromatic carbocycles. The van der Waals surface area contributed by atoms with Crippen molar-refractivity contribution >= 4 is 5.91 Å². The highest BCUT2D eigenvalue weighted by molar-refractivity contribution is 5.98. The van der Waals surface area contributed by atoms with E-state index in [9.17, 15) is 4.79 Å². The summed E-state index contributed by atoms with van der Waals surface area (Å²) in [6.45, 7) is 4.29. The number of nitrogens with zero attached hydrogens (tertiary/aromatic N) is 1. The number of rotatable bonds is 6. The number of amides is 1. The molecule has 2 rings (SSSR count).